The predicted octanol–water partition coefficient (Wildman–Crippen LogP) is 2.78. The number of nitrogens with zero attached hydrogens (tertiary/aromatic N) is 2. The van der Waals surface area contributed by atoms with Crippen molar-refractivity contribution in [3.05, 3.63) is 46.8 Å². The number of nitrogens with one attached hydrogen (secondary N) is 1. The number of aromatic nitrogens is 2. The number of aryl methyl sites for hydroxylation is 2. The highest BCUT2D eigenvalue weighted by molar-refractivity contribution is 5.90. The molecule has 128 valence electrons. The Morgan fingerprint density at radius 1 is 1.33 bits per heavy atom. The largest absolute Gasteiger partial charge is 0.496 e. The van der Waals surface area contributed by atoms with E-state index in [2.05, 4.69) is 10.4 Å². The van der Waals surface area contributed by atoms with Crippen molar-refractivity contribution in [2.24, 2.45) is 7.05 Å². The molecule has 1 fully saturated rings. The summed E-state index contributed by atoms with van der Waals surface area (Å²) in [6.07, 6.45) is 2.80. The molecule has 1 saturated carbocycles. The zero-order valence-electron chi connectivity index (χ0n) is 14.8. The van der Waals surface area contributed by atoms with Crippen LogP contribution in [0.15, 0.2) is 24.3 Å². The van der Waals surface area contributed by atoms with Crippen LogP contribution in [-0.4, -0.2) is 22.8 Å². The van der Waals surface area contributed by atoms with Gasteiger partial charge in [-0.2, -0.15) is 5.10 Å². The first-order valence-corrected chi connectivity index (χ1v) is 8.40. The molecule has 1 aromatic heterocycles. The summed E-state index contributed by atoms with van der Waals surface area (Å²) in [6.45, 7) is 4.52. The Hall–Kier alpha value is -2.30. The van der Waals surface area contributed by atoms with Crippen LogP contribution in [0.2, 0.25) is 0 Å². The zero-order chi connectivity index (χ0) is 17.3. The number of carbonyl (C=O) groups excluding carboxylic acids is 1. The Bertz CT molecular complexity index is 760. The van der Waals surface area contributed by atoms with E-state index in [1.54, 1.807) is 7.11 Å². The summed E-state index contributed by atoms with van der Waals surface area (Å²) in [6, 6.07) is 7.85. The van der Waals surface area contributed by atoms with Crippen LogP contribution in [0.1, 0.15) is 41.8 Å². The van der Waals surface area contributed by atoms with Gasteiger partial charge in [0.05, 0.1) is 18.2 Å². The maximum absolute atomic E-state index is 13.0. The summed E-state index contributed by atoms with van der Waals surface area (Å²) in [5.41, 5.74) is 3.69. The third-order valence-electron chi connectivity index (χ3n) is 5.35. The molecule has 1 amide bonds. The smallest absolute Gasteiger partial charge is 0.231 e. The van der Waals surface area contributed by atoms with Gasteiger partial charge in [-0.3, -0.25) is 9.48 Å². The van der Waals surface area contributed by atoms with E-state index in [9.17, 15) is 4.79 Å². The van der Waals surface area contributed by atoms with Crippen LogP contribution in [0.5, 0.6) is 5.75 Å². The quantitative estimate of drug-likeness (QED) is 0.919. The average molecular weight is 327 g/mol. The van der Waals surface area contributed by atoms with E-state index in [0.29, 0.717) is 6.54 Å². The molecule has 1 aliphatic carbocycles. The molecular weight excluding hydrogens is 302 g/mol. The van der Waals surface area contributed by atoms with Gasteiger partial charge in [-0.05, 0) is 32.8 Å². The van der Waals surface area contributed by atoms with Crippen LogP contribution in [0, 0.1) is 13.8 Å². The van der Waals surface area contributed by atoms with Crippen LogP contribution < -0.4 is 10.1 Å². The van der Waals surface area contributed by atoms with E-state index in [0.717, 1.165) is 47.5 Å². The van der Waals surface area contributed by atoms with Crippen molar-refractivity contribution in [1.29, 1.82) is 0 Å². The molecular formula is C19H25N3O2. The minimum absolute atomic E-state index is 0.0842. The first kappa shape index (κ1) is 16.6. The van der Waals surface area contributed by atoms with E-state index in [-0.39, 0.29) is 5.91 Å². The monoisotopic (exact) mass is 327 g/mol. The van der Waals surface area contributed by atoms with Gasteiger partial charge in [0.25, 0.3) is 0 Å². The number of para-hydroxylation sites is 1. The lowest BCUT2D eigenvalue weighted by atomic mass is 9.63. The van der Waals surface area contributed by atoms with E-state index >= 15 is 0 Å². The van der Waals surface area contributed by atoms with E-state index in [4.69, 9.17) is 4.74 Å². The highest BCUT2D eigenvalue weighted by Gasteiger charge is 2.47. The highest BCUT2D eigenvalue weighted by Crippen LogP contribution is 2.47. The van der Waals surface area contributed by atoms with Crippen molar-refractivity contribution < 1.29 is 9.53 Å². The fourth-order valence-corrected chi connectivity index (χ4v) is 3.60. The second-order valence-corrected chi connectivity index (χ2v) is 6.59. The van der Waals surface area contributed by atoms with E-state index in [1.807, 2.05) is 49.8 Å². The SMILES string of the molecule is COc1ccccc1C1(C(=O)NCc2c(C)nn(C)c2C)CCC1. The Balaban J connectivity index is 1.82. The molecule has 0 spiro atoms. The lowest BCUT2D eigenvalue weighted by Crippen LogP contribution is -2.49. The standard InChI is InChI=1S/C19H25N3O2/c1-13-15(14(2)22(3)21-13)12-20-18(23)19(10-7-11-19)16-8-5-6-9-17(16)24-4/h5-6,8-9H,7,10-12H2,1-4H3,(H,20,23). The minimum Gasteiger partial charge on any atom is -0.496 e. The number of rotatable bonds is 5. The Morgan fingerprint density at radius 3 is 2.58 bits per heavy atom. The number of ether oxygens (including phenoxy) is 1. The molecule has 1 aromatic carbocycles. The van der Waals surface area contributed by atoms with Crippen molar-refractivity contribution in [3.8, 4) is 5.75 Å². The van der Waals surface area contributed by atoms with Gasteiger partial charge in [0.1, 0.15) is 5.75 Å². The average Bonchev–Trinajstić information content (AvgIpc) is 2.77. The van der Waals surface area contributed by atoms with Crippen LogP contribution in [-0.2, 0) is 23.8 Å². The number of carbonyl (C=O) groups is 1. The summed E-state index contributed by atoms with van der Waals surface area (Å²) in [5, 5.41) is 7.55. The second kappa shape index (κ2) is 6.30. The molecule has 0 unspecified atom stereocenters. The molecule has 3 rings (SSSR count). The van der Waals surface area contributed by atoms with Crippen molar-refractivity contribution >= 4 is 5.91 Å². The molecule has 24 heavy (non-hydrogen) atoms. The first-order chi connectivity index (χ1) is 11.5. The van der Waals surface area contributed by atoms with Crippen molar-refractivity contribution in [2.75, 3.05) is 7.11 Å². The maximum atomic E-state index is 13.0. The maximum Gasteiger partial charge on any atom is 0.231 e. The second-order valence-electron chi connectivity index (χ2n) is 6.59. The Kier molecular flexibility index (Phi) is 4.35. The molecule has 0 aliphatic heterocycles. The summed E-state index contributed by atoms with van der Waals surface area (Å²) < 4.78 is 7.35. The van der Waals surface area contributed by atoms with Crippen molar-refractivity contribution in [3.63, 3.8) is 0 Å². The third kappa shape index (κ3) is 2.58. The van der Waals surface area contributed by atoms with Gasteiger partial charge in [0, 0.05) is 30.4 Å². The minimum atomic E-state index is -0.462. The van der Waals surface area contributed by atoms with Crippen LogP contribution in [0.25, 0.3) is 0 Å². The van der Waals surface area contributed by atoms with Gasteiger partial charge in [-0.1, -0.05) is 24.6 Å². The van der Waals surface area contributed by atoms with Gasteiger partial charge in [0.15, 0.2) is 0 Å². The van der Waals surface area contributed by atoms with Crippen molar-refractivity contribution in [1.82, 2.24) is 15.1 Å². The Labute approximate surface area is 143 Å². The summed E-state index contributed by atoms with van der Waals surface area (Å²) in [5.74, 6) is 0.877. The number of hydrogen-bond acceptors (Lipinski definition) is 3. The van der Waals surface area contributed by atoms with E-state index < -0.39 is 5.41 Å². The summed E-state index contributed by atoms with van der Waals surface area (Å²) in [7, 11) is 3.58. The lowest BCUT2D eigenvalue weighted by molar-refractivity contribution is -0.130. The van der Waals surface area contributed by atoms with Gasteiger partial charge in [0.2, 0.25) is 5.91 Å². The first-order valence-electron chi connectivity index (χ1n) is 8.40. The molecule has 5 heteroatoms. The third-order valence-corrected chi connectivity index (χ3v) is 5.35. The molecule has 0 saturated heterocycles. The van der Waals surface area contributed by atoms with Gasteiger partial charge in [-0.25, -0.2) is 0 Å². The normalized spacial score (nSPS) is 15.7. The molecule has 1 N–H and O–H groups in total. The number of benzene rings is 1. The van der Waals surface area contributed by atoms with Crippen molar-refractivity contribution in [2.45, 2.75) is 45.1 Å². The molecule has 2 aromatic rings. The van der Waals surface area contributed by atoms with Crippen LogP contribution in [0.4, 0.5) is 0 Å². The zero-order valence-corrected chi connectivity index (χ0v) is 14.8. The predicted molar refractivity (Wildman–Crippen MR) is 93.1 cm³/mol. The number of amides is 1. The molecule has 5 nitrogen and oxygen atoms in total. The topological polar surface area (TPSA) is 56.1 Å². The van der Waals surface area contributed by atoms with Crippen LogP contribution in [0.3, 0.4) is 0 Å². The molecule has 1 heterocycles. The van der Waals surface area contributed by atoms with Gasteiger partial charge < -0.3 is 10.1 Å². The fraction of sp³-hybridized carbons (Fsp3) is 0.474. The summed E-state index contributed by atoms with van der Waals surface area (Å²) >= 11 is 0. The molecule has 1 aliphatic rings. The lowest BCUT2D eigenvalue weighted by Gasteiger charge is -2.41. The van der Waals surface area contributed by atoms with Gasteiger partial charge >= 0.3 is 0 Å². The van der Waals surface area contributed by atoms with E-state index in [1.165, 1.54) is 0 Å². The number of methoxy groups -OCH3 is 1. The fourth-order valence-electron chi connectivity index (χ4n) is 3.60. The molecule has 0 atom stereocenters. The highest BCUT2D eigenvalue weighted by atomic mass is 16.5. The molecule has 0 radical (unpaired) electrons. The van der Waals surface area contributed by atoms with Crippen LogP contribution >= 0.6 is 0 Å². The Morgan fingerprint density at radius 2 is 2.04 bits per heavy atom. The number of hydrogen-bond donors (Lipinski definition) is 1. The molecule has 0 bridgehead atoms. The van der Waals surface area contributed by atoms with Gasteiger partial charge in [-0.15, -0.1) is 0 Å². The summed E-state index contributed by atoms with van der Waals surface area (Å²) in [4.78, 5) is 13.0.